The van der Waals surface area contributed by atoms with Crippen LogP contribution >= 0.6 is 11.6 Å². The van der Waals surface area contributed by atoms with Crippen LogP contribution in [0.4, 0.5) is 5.69 Å². The minimum atomic E-state index is -0.0422. The van der Waals surface area contributed by atoms with Crippen LogP contribution in [0.25, 0.3) is 0 Å². The van der Waals surface area contributed by atoms with Gasteiger partial charge >= 0.3 is 0 Å². The van der Waals surface area contributed by atoms with Crippen LogP contribution in [-0.2, 0) is 4.79 Å². The zero-order valence-corrected chi connectivity index (χ0v) is 11.0. The van der Waals surface area contributed by atoms with Gasteiger partial charge in [-0.25, -0.2) is 0 Å². The maximum absolute atomic E-state index is 11.9. The normalized spacial score (nSPS) is 16.5. The quantitative estimate of drug-likeness (QED) is 0.815. The molecule has 4 heteroatoms. The maximum Gasteiger partial charge on any atom is 0.224 e. The van der Waals surface area contributed by atoms with Gasteiger partial charge in [-0.2, -0.15) is 0 Å². The van der Waals surface area contributed by atoms with Crippen molar-refractivity contribution in [3.63, 3.8) is 0 Å². The number of hydrogen-bond acceptors (Lipinski definition) is 2. The summed E-state index contributed by atoms with van der Waals surface area (Å²) in [6.07, 6.45) is 6.53. The molecule has 0 aromatic heterocycles. The van der Waals surface area contributed by atoms with Gasteiger partial charge in [-0.3, -0.25) is 4.79 Å². The lowest BCUT2D eigenvalue weighted by atomic mass is 9.87. The first-order valence-electron chi connectivity index (χ1n) is 6.43. The molecular formula is C14H18ClNO2. The molecule has 98 valence electrons. The summed E-state index contributed by atoms with van der Waals surface area (Å²) >= 11 is 5.83. The van der Waals surface area contributed by atoms with E-state index in [1.807, 2.05) is 0 Å². The topological polar surface area (TPSA) is 49.3 Å². The molecule has 0 aliphatic heterocycles. The van der Waals surface area contributed by atoms with Crippen molar-refractivity contribution >= 4 is 23.2 Å². The Bertz CT molecular complexity index is 428. The van der Waals surface area contributed by atoms with Crippen molar-refractivity contribution in [3.8, 4) is 5.75 Å². The predicted molar refractivity (Wildman–Crippen MR) is 72.9 cm³/mol. The molecule has 1 aliphatic carbocycles. The smallest absolute Gasteiger partial charge is 0.224 e. The average molecular weight is 268 g/mol. The van der Waals surface area contributed by atoms with Gasteiger partial charge in [0.05, 0.1) is 5.69 Å². The fraction of sp³-hybridized carbons (Fsp3) is 0.500. The largest absolute Gasteiger partial charge is 0.506 e. The van der Waals surface area contributed by atoms with Gasteiger partial charge in [0.15, 0.2) is 0 Å². The van der Waals surface area contributed by atoms with E-state index in [-0.39, 0.29) is 11.7 Å². The highest BCUT2D eigenvalue weighted by atomic mass is 35.5. The number of hydrogen-bond donors (Lipinski definition) is 2. The molecule has 0 spiro atoms. The number of phenols is 1. The van der Waals surface area contributed by atoms with Crippen LogP contribution in [0.15, 0.2) is 18.2 Å². The van der Waals surface area contributed by atoms with Gasteiger partial charge < -0.3 is 10.4 Å². The summed E-state index contributed by atoms with van der Waals surface area (Å²) in [4.78, 5) is 11.9. The van der Waals surface area contributed by atoms with Gasteiger partial charge in [-0.15, -0.1) is 0 Å². The van der Waals surface area contributed by atoms with Crippen LogP contribution in [0.5, 0.6) is 5.75 Å². The number of carbonyl (C=O) groups excluding carboxylic acids is 1. The number of aromatic hydroxyl groups is 1. The Morgan fingerprint density at radius 1 is 1.33 bits per heavy atom. The molecule has 0 bridgehead atoms. The Morgan fingerprint density at radius 3 is 2.78 bits per heavy atom. The lowest BCUT2D eigenvalue weighted by Gasteiger charge is -2.20. The zero-order chi connectivity index (χ0) is 13.0. The van der Waals surface area contributed by atoms with Gasteiger partial charge in [-0.1, -0.05) is 30.9 Å². The molecule has 1 aromatic rings. The molecule has 1 saturated carbocycles. The molecule has 0 atom stereocenters. The molecule has 2 rings (SSSR count). The molecule has 1 aliphatic rings. The highest BCUT2D eigenvalue weighted by Gasteiger charge is 2.17. The van der Waals surface area contributed by atoms with Gasteiger partial charge in [0.2, 0.25) is 5.91 Å². The fourth-order valence-corrected chi connectivity index (χ4v) is 2.64. The first kappa shape index (κ1) is 13.2. The van der Waals surface area contributed by atoms with Crippen LogP contribution in [0.2, 0.25) is 5.02 Å². The van der Waals surface area contributed by atoms with Gasteiger partial charge in [0.25, 0.3) is 0 Å². The van der Waals surface area contributed by atoms with Crippen LogP contribution in [0.1, 0.15) is 38.5 Å². The van der Waals surface area contributed by atoms with E-state index >= 15 is 0 Å². The summed E-state index contributed by atoms with van der Waals surface area (Å²) in [7, 11) is 0. The molecular weight excluding hydrogens is 250 g/mol. The zero-order valence-electron chi connectivity index (χ0n) is 10.3. The minimum Gasteiger partial charge on any atom is -0.506 e. The van der Waals surface area contributed by atoms with Crippen molar-refractivity contribution in [3.05, 3.63) is 23.2 Å². The second kappa shape index (κ2) is 6.10. The van der Waals surface area contributed by atoms with E-state index in [9.17, 15) is 9.90 Å². The Kier molecular flexibility index (Phi) is 4.48. The van der Waals surface area contributed by atoms with E-state index in [1.54, 1.807) is 12.1 Å². The summed E-state index contributed by atoms with van der Waals surface area (Å²) in [6, 6.07) is 4.64. The number of amides is 1. The Balaban J connectivity index is 1.92. The molecule has 0 saturated heterocycles. The summed E-state index contributed by atoms with van der Waals surface area (Å²) in [5.74, 6) is 0.496. The highest BCUT2D eigenvalue weighted by molar-refractivity contribution is 6.31. The standard InChI is InChI=1S/C14H18ClNO2/c15-11-6-7-13(17)12(9-11)16-14(18)8-10-4-2-1-3-5-10/h6-7,9-10,17H,1-5,8H2,(H,16,18). The molecule has 2 N–H and O–H groups in total. The van der Waals surface area contributed by atoms with E-state index in [0.29, 0.717) is 23.0 Å². The van der Waals surface area contributed by atoms with Crippen LogP contribution < -0.4 is 5.32 Å². The summed E-state index contributed by atoms with van der Waals surface area (Å²) in [5.41, 5.74) is 0.392. The van der Waals surface area contributed by atoms with Crippen molar-refractivity contribution in [2.75, 3.05) is 5.32 Å². The lowest BCUT2D eigenvalue weighted by molar-refractivity contribution is -0.117. The summed E-state index contributed by atoms with van der Waals surface area (Å²) in [5, 5.41) is 12.8. The molecule has 1 aromatic carbocycles. The third-order valence-corrected chi connectivity index (χ3v) is 3.67. The lowest BCUT2D eigenvalue weighted by Crippen LogP contribution is -2.18. The summed E-state index contributed by atoms with van der Waals surface area (Å²) in [6.45, 7) is 0. The second-order valence-corrected chi connectivity index (χ2v) is 5.35. The molecule has 3 nitrogen and oxygen atoms in total. The highest BCUT2D eigenvalue weighted by Crippen LogP contribution is 2.29. The average Bonchev–Trinajstić information content (AvgIpc) is 2.35. The van der Waals surface area contributed by atoms with E-state index in [2.05, 4.69) is 5.32 Å². The fourth-order valence-electron chi connectivity index (χ4n) is 2.46. The van der Waals surface area contributed by atoms with E-state index in [0.717, 1.165) is 12.8 Å². The van der Waals surface area contributed by atoms with Crippen molar-refractivity contribution in [2.45, 2.75) is 38.5 Å². The SMILES string of the molecule is O=C(CC1CCCCC1)Nc1cc(Cl)ccc1O. The van der Waals surface area contributed by atoms with Crippen molar-refractivity contribution in [1.82, 2.24) is 0 Å². The van der Waals surface area contributed by atoms with Gasteiger partial charge in [0, 0.05) is 11.4 Å². The van der Waals surface area contributed by atoms with Crippen molar-refractivity contribution in [2.24, 2.45) is 5.92 Å². The Morgan fingerprint density at radius 2 is 2.06 bits per heavy atom. The van der Waals surface area contributed by atoms with E-state index < -0.39 is 0 Å². The van der Waals surface area contributed by atoms with Gasteiger partial charge in [-0.05, 0) is 37.0 Å². The number of halogens is 1. The Labute approximate surface area is 112 Å². The predicted octanol–water partition coefficient (Wildman–Crippen LogP) is 3.95. The van der Waals surface area contributed by atoms with Crippen LogP contribution in [0, 0.1) is 5.92 Å². The first-order valence-corrected chi connectivity index (χ1v) is 6.81. The van der Waals surface area contributed by atoms with E-state index in [1.165, 1.54) is 25.3 Å². The van der Waals surface area contributed by atoms with Crippen LogP contribution in [-0.4, -0.2) is 11.0 Å². The number of nitrogens with one attached hydrogen (secondary N) is 1. The molecule has 0 unspecified atom stereocenters. The minimum absolute atomic E-state index is 0.0422. The van der Waals surface area contributed by atoms with Gasteiger partial charge in [0.1, 0.15) is 5.75 Å². The van der Waals surface area contributed by atoms with Crippen molar-refractivity contribution in [1.29, 1.82) is 0 Å². The number of carbonyl (C=O) groups is 1. The second-order valence-electron chi connectivity index (χ2n) is 4.92. The Hall–Kier alpha value is -1.22. The van der Waals surface area contributed by atoms with Crippen LogP contribution in [0.3, 0.4) is 0 Å². The monoisotopic (exact) mass is 267 g/mol. The number of benzene rings is 1. The third-order valence-electron chi connectivity index (χ3n) is 3.43. The molecule has 0 radical (unpaired) electrons. The number of anilines is 1. The summed E-state index contributed by atoms with van der Waals surface area (Å²) < 4.78 is 0. The number of phenolic OH excluding ortho intramolecular Hbond substituents is 1. The maximum atomic E-state index is 11.9. The number of rotatable bonds is 3. The third kappa shape index (κ3) is 3.64. The molecule has 1 fully saturated rings. The molecule has 1 amide bonds. The first-order chi connectivity index (χ1) is 8.65. The molecule has 18 heavy (non-hydrogen) atoms. The van der Waals surface area contributed by atoms with Crippen molar-refractivity contribution < 1.29 is 9.90 Å². The van der Waals surface area contributed by atoms with E-state index in [4.69, 9.17) is 11.6 Å². The molecule has 0 heterocycles.